The summed E-state index contributed by atoms with van der Waals surface area (Å²) in [4.78, 5) is 24.7. The summed E-state index contributed by atoms with van der Waals surface area (Å²) >= 11 is 0. The van der Waals surface area contributed by atoms with Gasteiger partial charge in [-0.15, -0.1) is 0 Å². The van der Waals surface area contributed by atoms with Gasteiger partial charge in [-0.05, 0) is 37.1 Å². The standard InChI is InChI=1S/C16H25N3O2/c1-19(15(20)6-4-2-3-5-11-17)12-13-7-9-14(10-8-13)16(18)21/h7-10H,2-6,11-12,17H2,1H3,(H2,18,21). The van der Waals surface area contributed by atoms with E-state index in [0.29, 0.717) is 18.5 Å². The van der Waals surface area contributed by atoms with Gasteiger partial charge in [0, 0.05) is 25.6 Å². The van der Waals surface area contributed by atoms with Gasteiger partial charge in [-0.2, -0.15) is 0 Å². The molecule has 1 rings (SSSR count). The molecule has 5 heteroatoms. The van der Waals surface area contributed by atoms with Crippen molar-refractivity contribution < 1.29 is 9.59 Å². The van der Waals surface area contributed by atoms with Crippen LogP contribution in [0, 0.1) is 0 Å². The molecule has 5 nitrogen and oxygen atoms in total. The smallest absolute Gasteiger partial charge is 0.248 e. The van der Waals surface area contributed by atoms with Gasteiger partial charge in [0.2, 0.25) is 11.8 Å². The first-order chi connectivity index (χ1) is 10.0. The van der Waals surface area contributed by atoms with E-state index in [1.165, 1.54) is 0 Å². The number of carbonyl (C=O) groups excluding carboxylic acids is 2. The molecule has 0 atom stereocenters. The van der Waals surface area contributed by atoms with E-state index in [0.717, 1.165) is 37.8 Å². The Hall–Kier alpha value is -1.88. The van der Waals surface area contributed by atoms with Crippen molar-refractivity contribution in [1.29, 1.82) is 0 Å². The van der Waals surface area contributed by atoms with Crippen LogP contribution in [0.5, 0.6) is 0 Å². The van der Waals surface area contributed by atoms with Crippen molar-refractivity contribution >= 4 is 11.8 Å². The summed E-state index contributed by atoms with van der Waals surface area (Å²) in [5, 5.41) is 0. The third kappa shape index (κ3) is 6.40. The highest BCUT2D eigenvalue weighted by Gasteiger charge is 2.09. The summed E-state index contributed by atoms with van der Waals surface area (Å²) in [6, 6.07) is 7.02. The number of primary amides is 1. The van der Waals surface area contributed by atoms with Crippen molar-refractivity contribution in [1.82, 2.24) is 4.90 Å². The van der Waals surface area contributed by atoms with Gasteiger partial charge in [0.15, 0.2) is 0 Å². The van der Waals surface area contributed by atoms with Crippen LogP contribution in [0.1, 0.15) is 48.0 Å². The second-order valence-electron chi connectivity index (χ2n) is 5.26. The topological polar surface area (TPSA) is 89.4 Å². The highest BCUT2D eigenvalue weighted by atomic mass is 16.2. The molecular formula is C16H25N3O2. The normalized spacial score (nSPS) is 10.4. The first-order valence-electron chi connectivity index (χ1n) is 7.37. The molecule has 0 aromatic heterocycles. The molecule has 4 N–H and O–H groups in total. The van der Waals surface area contributed by atoms with E-state index in [4.69, 9.17) is 11.5 Å². The second-order valence-corrected chi connectivity index (χ2v) is 5.26. The molecule has 2 amide bonds. The number of unbranched alkanes of at least 4 members (excludes halogenated alkanes) is 3. The molecule has 0 aliphatic carbocycles. The van der Waals surface area contributed by atoms with Crippen LogP contribution >= 0.6 is 0 Å². The van der Waals surface area contributed by atoms with Crippen LogP contribution < -0.4 is 11.5 Å². The van der Waals surface area contributed by atoms with Gasteiger partial charge in [0.25, 0.3) is 0 Å². The lowest BCUT2D eigenvalue weighted by atomic mass is 10.1. The van der Waals surface area contributed by atoms with Crippen molar-refractivity contribution in [3.63, 3.8) is 0 Å². The van der Waals surface area contributed by atoms with Crippen LogP contribution in [0.4, 0.5) is 0 Å². The largest absolute Gasteiger partial charge is 0.366 e. The Bertz CT molecular complexity index is 457. The van der Waals surface area contributed by atoms with E-state index < -0.39 is 5.91 Å². The van der Waals surface area contributed by atoms with Gasteiger partial charge < -0.3 is 16.4 Å². The Morgan fingerprint density at radius 2 is 1.67 bits per heavy atom. The van der Waals surface area contributed by atoms with E-state index in [1.807, 2.05) is 12.1 Å². The van der Waals surface area contributed by atoms with Crippen LogP contribution in [-0.2, 0) is 11.3 Å². The molecule has 0 aliphatic heterocycles. The molecule has 21 heavy (non-hydrogen) atoms. The third-order valence-electron chi connectivity index (χ3n) is 3.43. The number of hydrogen-bond acceptors (Lipinski definition) is 3. The lowest BCUT2D eigenvalue weighted by molar-refractivity contribution is -0.130. The second kappa shape index (κ2) is 9.13. The average Bonchev–Trinajstić information content (AvgIpc) is 2.47. The van der Waals surface area contributed by atoms with Gasteiger partial charge in [0.1, 0.15) is 0 Å². The highest BCUT2D eigenvalue weighted by molar-refractivity contribution is 5.92. The summed E-state index contributed by atoms with van der Waals surface area (Å²) in [5.41, 5.74) is 12.1. The number of amides is 2. The average molecular weight is 291 g/mol. The van der Waals surface area contributed by atoms with E-state index in [1.54, 1.807) is 24.1 Å². The van der Waals surface area contributed by atoms with Crippen LogP contribution in [-0.4, -0.2) is 30.3 Å². The van der Waals surface area contributed by atoms with Crippen molar-refractivity contribution in [2.45, 2.75) is 38.6 Å². The lowest BCUT2D eigenvalue weighted by Crippen LogP contribution is -2.25. The van der Waals surface area contributed by atoms with Gasteiger partial charge in [0.05, 0.1) is 0 Å². The van der Waals surface area contributed by atoms with Gasteiger partial charge in [-0.3, -0.25) is 9.59 Å². The molecule has 1 aromatic rings. The van der Waals surface area contributed by atoms with Crippen molar-refractivity contribution in [2.24, 2.45) is 11.5 Å². The first kappa shape index (κ1) is 17.2. The SMILES string of the molecule is CN(Cc1ccc(C(N)=O)cc1)C(=O)CCCCCCN. The fourth-order valence-electron chi connectivity index (χ4n) is 2.10. The molecule has 0 bridgehead atoms. The van der Waals surface area contributed by atoms with Gasteiger partial charge in [-0.25, -0.2) is 0 Å². The predicted molar refractivity (Wildman–Crippen MR) is 83.6 cm³/mol. The fourth-order valence-corrected chi connectivity index (χ4v) is 2.10. The van der Waals surface area contributed by atoms with Crippen molar-refractivity contribution in [3.05, 3.63) is 35.4 Å². The molecule has 0 heterocycles. The van der Waals surface area contributed by atoms with Crippen molar-refractivity contribution in [3.8, 4) is 0 Å². The van der Waals surface area contributed by atoms with Crippen molar-refractivity contribution in [2.75, 3.05) is 13.6 Å². The minimum Gasteiger partial charge on any atom is -0.366 e. The molecule has 0 aliphatic rings. The van der Waals surface area contributed by atoms with E-state index in [2.05, 4.69) is 0 Å². The van der Waals surface area contributed by atoms with E-state index >= 15 is 0 Å². The molecule has 0 spiro atoms. The molecule has 0 radical (unpaired) electrons. The van der Waals surface area contributed by atoms with Crippen LogP contribution in [0.25, 0.3) is 0 Å². The van der Waals surface area contributed by atoms with E-state index in [-0.39, 0.29) is 5.91 Å². The van der Waals surface area contributed by atoms with Crippen LogP contribution in [0.2, 0.25) is 0 Å². The minimum atomic E-state index is -0.441. The number of nitrogens with zero attached hydrogens (tertiary/aromatic N) is 1. The molecule has 0 saturated carbocycles. The molecule has 0 unspecified atom stereocenters. The van der Waals surface area contributed by atoms with E-state index in [9.17, 15) is 9.59 Å². The molecule has 1 aromatic carbocycles. The lowest BCUT2D eigenvalue weighted by Gasteiger charge is -2.17. The Labute approximate surface area is 126 Å². The maximum absolute atomic E-state index is 12.0. The number of hydrogen-bond donors (Lipinski definition) is 2. The Morgan fingerprint density at radius 3 is 2.24 bits per heavy atom. The molecule has 0 saturated heterocycles. The molecule has 116 valence electrons. The summed E-state index contributed by atoms with van der Waals surface area (Å²) in [5.74, 6) is -0.301. The monoisotopic (exact) mass is 291 g/mol. The van der Waals surface area contributed by atoms with Crippen LogP contribution in [0.3, 0.4) is 0 Å². The minimum absolute atomic E-state index is 0.140. The summed E-state index contributed by atoms with van der Waals surface area (Å²) in [7, 11) is 1.80. The fraction of sp³-hybridized carbons (Fsp3) is 0.500. The maximum atomic E-state index is 12.0. The number of rotatable bonds is 9. The summed E-state index contributed by atoms with van der Waals surface area (Å²) in [6.07, 6.45) is 4.63. The summed E-state index contributed by atoms with van der Waals surface area (Å²) in [6.45, 7) is 1.26. The molecule has 0 fully saturated rings. The highest BCUT2D eigenvalue weighted by Crippen LogP contribution is 2.09. The summed E-state index contributed by atoms with van der Waals surface area (Å²) < 4.78 is 0. The third-order valence-corrected chi connectivity index (χ3v) is 3.43. The first-order valence-corrected chi connectivity index (χ1v) is 7.37. The zero-order valence-corrected chi connectivity index (χ0v) is 12.7. The number of carbonyl (C=O) groups is 2. The zero-order valence-electron chi connectivity index (χ0n) is 12.7. The predicted octanol–water partition coefficient (Wildman–Crippen LogP) is 1.65. The number of benzene rings is 1. The zero-order chi connectivity index (χ0) is 15.7. The Morgan fingerprint density at radius 1 is 1.05 bits per heavy atom. The quantitative estimate of drug-likeness (QED) is 0.678. The number of nitrogens with two attached hydrogens (primary N) is 2. The Kier molecular flexibility index (Phi) is 7.46. The Balaban J connectivity index is 2.36. The molecular weight excluding hydrogens is 266 g/mol. The van der Waals surface area contributed by atoms with Crippen LogP contribution in [0.15, 0.2) is 24.3 Å². The van der Waals surface area contributed by atoms with Gasteiger partial charge in [-0.1, -0.05) is 25.0 Å². The maximum Gasteiger partial charge on any atom is 0.248 e. The van der Waals surface area contributed by atoms with Gasteiger partial charge >= 0.3 is 0 Å².